The highest BCUT2D eigenvalue weighted by Crippen LogP contribution is 2.17. The SMILES string of the molecule is CCC(C#N)C(=O)Nc1cccc(F)c1F. The van der Waals surface area contributed by atoms with E-state index >= 15 is 0 Å². The number of amides is 1. The maximum Gasteiger partial charge on any atom is 0.241 e. The standard InChI is InChI=1S/C11H10F2N2O/c1-2-7(6-14)11(16)15-9-5-3-4-8(12)10(9)13/h3-5,7H,2H2,1H3,(H,15,16). The second kappa shape index (κ2) is 5.21. The first-order valence-electron chi connectivity index (χ1n) is 4.74. The lowest BCUT2D eigenvalue weighted by atomic mass is 10.1. The van der Waals surface area contributed by atoms with Gasteiger partial charge in [-0.1, -0.05) is 13.0 Å². The zero-order chi connectivity index (χ0) is 12.1. The maximum atomic E-state index is 13.2. The summed E-state index contributed by atoms with van der Waals surface area (Å²) in [6.07, 6.45) is 0.319. The van der Waals surface area contributed by atoms with Gasteiger partial charge in [0.1, 0.15) is 5.92 Å². The second-order valence-electron chi connectivity index (χ2n) is 3.18. The number of hydrogen-bond donors (Lipinski definition) is 1. The first-order valence-corrected chi connectivity index (χ1v) is 4.74. The molecular weight excluding hydrogens is 214 g/mol. The highest BCUT2D eigenvalue weighted by Gasteiger charge is 2.17. The predicted octanol–water partition coefficient (Wildman–Crippen LogP) is 2.45. The summed E-state index contributed by atoms with van der Waals surface area (Å²) in [7, 11) is 0. The number of nitrogens with one attached hydrogen (secondary N) is 1. The van der Waals surface area contributed by atoms with Crippen molar-refractivity contribution in [3.8, 4) is 6.07 Å². The van der Waals surface area contributed by atoms with Crippen molar-refractivity contribution in [1.29, 1.82) is 5.26 Å². The molecule has 0 radical (unpaired) electrons. The van der Waals surface area contributed by atoms with E-state index in [4.69, 9.17) is 5.26 Å². The van der Waals surface area contributed by atoms with Gasteiger partial charge in [0.2, 0.25) is 5.91 Å². The van der Waals surface area contributed by atoms with Crippen molar-refractivity contribution < 1.29 is 13.6 Å². The van der Waals surface area contributed by atoms with E-state index in [0.29, 0.717) is 6.42 Å². The van der Waals surface area contributed by atoms with E-state index in [1.165, 1.54) is 12.1 Å². The molecule has 1 atom stereocenters. The quantitative estimate of drug-likeness (QED) is 0.857. The molecule has 0 fully saturated rings. The van der Waals surface area contributed by atoms with Crippen LogP contribution in [0.5, 0.6) is 0 Å². The highest BCUT2D eigenvalue weighted by molar-refractivity contribution is 5.94. The van der Waals surface area contributed by atoms with Gasteiger partial charge in [-0.2, -0.15) is 5.26 Å². The van der Waals surface area contributed by atoms with E-state index in [2.05, 4.69) is 5.32 Å². The van der Waals surface area contributed by atoms with Crippen LogP contribution in [0.2, 0.25) is 0 Å². The summed E-state index contributed by atoms with van der Waals surface area (Å²) in [6.45, 7) is 1.66. The van der Waals surface area contributed by atoms with Crippen molar-refractivity contribution in [2.45, 2.75) is 13.3 Å². The van der Waals surface area contributed by atoms with Crippen LogP contribution in [0, 0.1) is 28.9 Å². The first-order chi connectivity index (χ1) is 7.60. The lowest BCUT2D eigenvalue weighted by molar-refractivity contribution is -0.118. The van der Waals surface area contributed by atoms with Crippen molar-refractivity contribution in [1.82, 2.24) is 0 Å². The predicted molar refractivity (Wildman–Crippen MR) is 54.4 cm³/mol. The zero-order valence-corrected chi connectivity index (χ0v) is 8.63. The number of hydrogen-bond acceptors (Lipinski definition) is 2. The van der Waals surface area contributed by atoms with Crippen LogP contribution in [-0.2, 0) is 4.79 Å². The molecule has 0 saturated carbocycles. The molecule has 0 heterocycles. The molecule has 1 aromatic carbocycles. The minimum absolute atomic E-state index is 0.251. The summed E-state index contributed by atoms with van der Waals surface area (Å²) in [4.78, 5) is 11.4. The summed E-state index contributed by atoms with van der Waals surface area (Å²) < 4.78 is 26.0. The molecule has 0 aromatic heterocycles. The Morgan fingerprint density at radius 1 is 1.56 bits per heavy atom. The van der Waals surface area contributed by atoms with Gasteiger partial charge in [-0.15, -0.1) is 0 Å². The Balaban J connectivity index is 2.86. The minimum atomic E-state index is -1.12. The fourth-order valence-electron chi connectivity index (χ4n) is 1.16. The van der Waals surface area contributed by atoms with Gasteiger partial charge in [0.15, 0.2) is 11.6 Å². The molecule has 0 aliphatic carbocycles. The molecule has 1 unspecified atom stereocenters. The Morgan fingerprint density at radius 2 is 2.25 bits per heavy atom. The average molecular weight is 224 g/mol. The number of nitrogens with zero attached hydrogens (tertiary/aromatic N) is 1. The van der Waals surface area contributed by atoms with Crippen LogP contribution in [0.15, 0.2) is 18.2 Å². The topological polar surface area (TPSA) is 52.9 Å². The van der Waals surface area contributed by atoms with Gasteiger partial charge < -0.3 is 5.32 Å². The van der Waals surface area contributed by atoms with Gasteiger partial charge in [-0.05, 0) is 18.6 Å². The summed E-state index contributed by atoms with van der Waals surface area (Å²) >= 11 is 0. The lowest BCUT2D eigenvalue weighted by Crippen LogP contribution is -2.21. The number of nitriles is 1. The largest absolute Gasteiger partial charge is 0.322 e. The van der Waals surface area contributed by atoms with Gasteiger partial charge in [0, 0.05) is 0 Å². The van der Waals surface area contributed by atoms with Crippen molar-refractivity contribution in [2.24, 2.45) is 5.92 Å². The van der Waals surface area contributed by atoms with Crippen molar-refractivity contribution >= 4 is 11.6 Å². The molecular formula is C11H10F2N2O. The van der Waals surface area contributed by atoms with Crippen molar-refractivity contribution in [3.63, 3.8) is 0 Å². The average Bonchev–Trinajstić information content (AvgIpc) is 2.26. The molecule has 0 saturated heterocycles. The number of carbonyl (C=O) groups is 1. The third kappa shape index (κ3) is 2.54. The Bertz CT molecular complexity index is 440. The maximum absolute atomic E-state index is 13.2. The van der Waals surface area contributed by atoms with Crippen LogP contribution in [0.4, 0.5) is 14.5 Å². The minimum Gasteiger partial charge on any atom is -0.322 e. The summed E-state index contributed by atoms with van der Waals surface area (Å²) in [5.41, 5.74) is -0.251. The summed E-state index contributed by atoms with van der Waals surface area (Å²) in [5, 5.41) is 10.8. The molecule has 1 aromatic rings. The molecule has 0 aliphatic rings. The molecule has 1 rings (SSSR count). The second-order valence-corrected chi connectivity index (χ2v) is 3.18. The molecule has 84 valence electrons. The number of carbonyl (C=O) groups excluding carboxylic acids is 1. The van der Waals surface area contributed by atoms with Crippen LogP contribution in [-0.4, -0.2) is 5.91 Å². The van der Waals surface area contributed by atoms with Crippen molar-refractivity contribution in [3.05, 3.63) is 29.8 Å². The van der Waals surface area contributed by atoms with Crippen molar-refractivity contribution in [2.75, 3.05) is 5.32 Å². The van der Waals surface area contributed by atoms with Gasteiger partial charge in [-0.3, -0.25) is 4.79 Å². The van der Waals surface area contributed by atoms with Crippen LogP contribution in [0.1, 0.15) is 13.3 Å². The number of anilines is 1. The summed E-state index contributed by atoms with van der Waals surface area (Å²) in [5.74, 6) is -3.65. The van der Waals surface area contributed by atoms with Crippen LogP contribution in [0.3, 0.4) is 0 Å². The van der Waals surface area contributed by atoms with Crippen LogP contribution < -0.4 is 5.32 Å². The Kier molecular flexibility index (Phi) is 3.95. The normalized spacial score (nSPS) is 11.6. The van der Waals surface area contributed by atoms with Gasteiger partial charge in [0.05, 0.1) is 11.8 Å². The molecule has 0 aliphatic heterocycles. The third-order valence-corrected chi connectivity index (χ3v) is 2.09. The lowest BCUT2D eigenvalue weighted by Gasteiger charge is -2.08. The molecule has 0 spiro atoms. The Morgan fingerprint density at radius 3 is 2.81 bits per heavy atom. The smallest absolute Gasteiger partial charge is 0.241 e. The van der Waals surface area contributed by atoms with E-state index in [9.17, 15) is 13.6 Å². The van der Waals surface area contributed by atoms with Crippen LogP contribution >= 0.6 is 0 Å². The van der Waals surface area contributed by atoms with Gasteiger partial charge in [0.25, 0.3) is 0 Å². The summed E-state index contributed by atoms with van der Waals surface area (Å²) in [6, 6.07) is 5.24. The number of benzene rings is 1. The highest BCUT2D eigenvalue weighted by atomic mass is 19.2. The van der Waals surface area contributed by atoms with E-state index < -0.39 is 23.5 Å². The Labute approximate surface area is 91.7 Å². The number of rotatable bonds is 3. The van der Waals surface area contributed by atoms with E-state index in [0.717, 1.165) is 6.07 Å². The molecule has 1 amide bonds. The monoisotopic (exact) mass is 224 g/mol. The molecule has 0 bridgehead atoms. The fourth-order valence-corrected chi connectivity index (χ4v) is 1.16. The van der Waals surface area contributed by atoms with E-state index in [1.54, 1.807) is 13.0 Å². The van der Waals surface area contributed by atoms with Gasteiger partial charge in [-0.25, -0.2) is 8.78 Å². The van der Waals surface area contributed by atoms with E-state index in [1.807, 2.05) is 0 Å². The molecule has 3 nitrogen and oxygen atoms in total. The fraction of sp³-hybridized carbons (Fsp3) is 0.273. The first kappa shape index (κ1) is 12.1. The number of halogens is 2. The van der Waals surface area contributed by atoms with Crippen LogP contribution in [0.25, 0.3) is 0 Å². The molecule has 1 N–H and O–H groups in total. The third-order valence-electron chi connectivity index (χ3n) is 2.09. The Hall–Kier alpha value is -1.96. The van der Waals surface area contributed by atoms with E-state index in [-0.39, 0.29) is 5.69 Å². The molecule has 16 heavy (non-hydrogen) atoms. The zero-order valence-electron chi connectivity index (χ0n) is 8.63. The molecule has 5 heteroatoms. The van der Waals surface area contributed by atoms with Gasteiger partial charge >= 0.3 is 0 Å².